The van der Waals surface area contributed by atoms with Crippen LogP contribution in [0.15, 0.2) is 4.99 Å². The third-order valence-corrected chi connectivity index (χ3v) is 2.42. The van der Waals surface area contributed by atoms with Crippen molar-refractivity contribution in [3.8, 4) is 0 Å². The largest absolute Gasteiger partial charge is 0.318 e. The van der Waals surface area contributed by atoms with E-state index >= 15 is 0 Å². The molecule has 2 aliphatic rings. The maximum atomic E-state index is 11.6. The second-order valence-corrected chi connectivity index (χ2v) is 3.41. The first-order valence-corrected chi connectivity index (χ1v) is 4.60. The molecule has 0 bridgehead atoms. The van der Waals surface area contributed by atoms with E-state index in [2.05, 4.69) is 10.3 Å². The van der Waals surface area contributed by atoms with Gasteiger partial charge in [0.05, 0.1) is 13.6 Å². The topological polar surface area (TPSA) is 73.7 Å². The van der Waals surface area contributed by atoms with E-state index in [1.54, 1.807) is 0 Å². The molecule has 0 aromatic carbocycles. The summed E-state index contributed by atoms with van der Waals surface area (Å²) in [5.74, 6) is 0.656. The lowest BCUT2D eigenvalue weighted by Gasteiger charge is -2.20. The van der Waals surface area contributed by atoms with Gasteiger partial charge in [-0.2, -0.15) is 0 Å². The molecule has 0 saturated heterocycles. The average Bonchev–Trinajstić information content (AvgIpc) is 2.42. The lowest BCUT2D eigenvalue weighted by atomic mass is 10.2. The molecule has 0 aromatic heterocycles. The number of rotatable bonds is 1. The Hall–Kier alpha value is -1.43. The van der Waals surface area contributed by atoms with Gasteiger partial charge in [-0.25, -0.2) is 14.5 Å². The number of fused-ring (bicyclic) bond motifs is 1. The Bertz CT molecular complexity index is 335. The number of carbonyl (C=O) groups is 1. The summed E-state index contributed by atoms with van der Waals surface area (Å²) in [6.45, 7) is 2.80. The number of nitrogens with one attached hydrogen (secondary N) is 1. The number of carbonyl (C=O) groups excluding carboxylic acids is 1. The number of hydrogen-bond donors (Lipinski definition) is 2. The number of hydrogen-bond acceptors (Lipinski definition) is 4. The zero-order valence-corrected chi connectivity index (χ0v) is 8.27. The molecule has 6 heteroatoms. The van der Waals surface area contributed by atoms with E-state index in [0.29, 0.717) is 0 Å². The Kier molecular flexibility index (Phi) is 1.99. The second kappa shape index (κ2) is 3.06. The van der Waals surface area contributed by atoms with Gasteiger partial charge in [-0.15, -0.1) is 0 Å². The highest BCUT2D eigenvalue weighted by atomic mass is 16.2. The van der Waals surface area contributed by atoms with Gasteiger partial charge in [0.25, 0.3) is 11.9 Å². The Morgan fingerprint density at radius 3 is 3.14 bits per heavy atom. The van der Waals surface area contributed by atoms with Crippen LogP contribution in [-0.4, -0.2) is 53.5 Å². The summed E-state index contributed by atoms with van der Waals surface area (Å²) in [5, 5.41) is 2.59. The SMILES string of the molecule is CCN1C=[N+](C)C2C(=O)NC(N)N=C21. The van der Waals surface area contributed by atoms with Crippen molar-refractivity contribution in [2.45, 2.75) is 19.3 Å². The summed E-state index contributed by atoms with van der Waals surface area (Å²) >= 11 is 0. The van der Waals surface area contributed by atoms with Crippen molar-refractivity contribution in [1.29, 1.82) is 0 Å². The maximum absolute atomic E-state index is 11.6. The van der Waals surface area contributed by atoms with Gasteiger partial charge in [-0.1, -0.05) is 0 Å². The molecule has 2 aliphatic heterocycles. The highest BCUT2D eigenvalue weighted by Gasteiger charge is 2.44. The number of nitrogens with two attached hydrogens (primary N) is 1. The van der Waals surface area contributed by atoms with E-state index in [-0.39, 0.29) is 11.9 Å². The van der Waals surface area contributed by atoms with E-state index in [1.165, 1.54) is 0 Å². The Morgan fingerprint density at radius 2 is 2.50 bits per heavy atom. The molecule has 76 valence electrons. The molecule has 0 aliphatic carbocycles. The van der Waals surface area contributed by atoms with Crippen molar-refractivity contribution >= 4 is 18.1 Å². The highest BCUT2D eigenvalue weighted by molar-refractivity contribution is 6.12. The van der Waals surface area contributed by atoms with Crippen LogP contribution in [0.3, 0.4) is 0 Å². The zero-order chi connectivity index (χ0) is 10.3. The monoisotopic (exact) mass is 196 g/mol. The van der Waals surface area contributed by atoms with Crippen LogP contribution in [0.25, 0.3) is 0 Å². The number of nitrogens with zero attached hydrogens (tertiary/aromatic N) is 3. The molecule has 0 fully saturated rings. The van der Waals surface area contributed by atoms with E-state index in [0.717, 1.165) is 12.4 Å². The van der Waals surface area contributed by atoms with Crippen molar-refractivity contribution < 1.29 is 9.37 Å². The van der Waals surface area contributed by atoms with Gasteiger partial charge in [0, 0.05) is 0 Å². The summed E-state index contributed by atoms with van der Waals surface area (Å²) < 4.78 is 1.84. The molecule has 2 rings (SSSR count). The standard InChI is InChI=1S/C8H13N5O/c1-3-13-4-12(2)5-6(13)10-8(9)11-7(5)14/h4-5,8H,3,9H2,1-2H3/p+1. The summed E-state index contributed by atoms with van der Waals surface area (Å²) in [7, 11) is 1.85. The number of amidine groups is 1. The zero-order valence-electron chi connectivity index (χ0n) is 8.27. The average molecular weight is 196 g/mol. The highest BCUT2D eigenvalue weighted by Crippen LogP contribution is 2.10. The molecular weight excluding hydrogens is 182 g/mol. The first-order chi connectivity index (χ1) is 6.63. The van der Waals surface area contributed by atoms with Gasteiger partial charge in [0.2, 0.25) is 12.2 Å². The Balaban J connectivity index is 2.38. The molecule has 1 amide bonds. The van der Waals surface area contributed by atoms with Crippen molar-refractivity contribution in [2.24, 2.45) is 10.7 Å². The Labute approximate surface area is 82.1 Å². The van der Waals surface area contributed by atoms with Crippen LogP contribution in [0.5, 0.6) is 0 Å². The van der Waals surface area contributed by atoms with Crippen LogP contribution < -0.4 is 11.1 Å². The quantitative estimate of drug-likeness (QED) is 0.483. The third kappa shape index (κ3) is 1.19. The molecular formula is C8H14N5O+. The van der Waals surface area contributed by atoms with Gasteiger partial charge < -0.3 is 5.32 Å². The summed E-state index contributed by atoms with van der Waals surface area (Å²) in [6, 6.07) is -0.310. The molecule has 14 heavy (non-hydrogen) atoms. The number of aliphatic imine (C=N–C) groups is 1. The minimum atomic E-state index is -0.609. The minimum Gasteiger partial charge on any atom is -0.318 e. The third-order valence-electron chi connectivity index (χ3n) is 2.42. The Morgan fingerprint density at radius 1 is 1.79 bits per heavy atom. The fourth-order valence-electron chi connectivity index (χ4n) is 1.77. The van der Waals surface area contributed by atoms with Crippen LogP contribution in [0, 0.1) is 0 Å². The molecule has 0 aromatic rings. The van der Waals surface area contributed by atoms with Crippen molar-refractivity contribution in [2.75, 3.05) is 13.6 Å². The molecule has 2 atom stereocenters. The van der Waals surface area contributed by atoms with E-state index in [1.807, 2.05) is 29.8 Å². The lowest BCUT2D eigenvalue weighted by Crippen LogP contribution is -2.56. The molecule has 3 N–H and O–H groups in total. The smallest absolute Gasteiger partial charge is 0.278 e. The minimum absolute atomic E-state index is 0.0859. The molecule has 2 heterocycles. The lowest BCUT2D eigenvalue weighted by molar-refractivity contribution is -0.498. The molecule has 0 radical (unpaired) electrons. The summed E-state index contributed by atoms with van der Waals surface area (Å²) in [6.07, 6.45) is 1.27. The normalized spacial score (nSPS) is 30.8. The van der Waals surface area contributed by atoms with Crippen LogP contribution in [0.4, 0.5) is 0 Å². The molecule has 0 saturated carbocycles. The maximum Gasteiger partial charge on any atom is 0.278 e. The van der Waals surface area contributed by atoms with Crippen LogP contribution in [0.2, 0.25) is 0 Å². The fraction of sp³-hybridized carbons (Fsp3) is 0.625. The van der Waals surface area contributed by atoms with E-state index in [9.17, 15) is 4.79 Å². The first-order valence-electron chi connectivity index (χ1n) is 4.60. The summed E-state index contributed by atoms with van der Waals surface area (Å²) in [4.78, 5) is 17.7. The van der Waals surface area contributed by atoms with Gasteiger partial charge in [-0.3, -0.25) is 10.5 Å². The molecule has 6 nitrogen and oxygen atoms in total. The van der Waals surface area contributed by atoms with Crippen molar-refractivity contribution in [3.63, 3.8) is 0 Å². The number of amides is 1. The van der Waals surface area contributed by atoms with Gasteiger partial charge in [0.1, 0.15) is 0 Å². The second-order valence-electron chi connectivity index (χ2n) is 3.41. The summed E-state index contributed by atoms with van der Waals surface area (Å²) in [5.41, 5.74) is 5.56. The van der Waals surface area contributed by atoms with Gasteiger partial charge >= 0.3 is 0 Å². The van der Waals surface area contributed by atoms with Crippen LogP contribution in [-0.2, 0) is 4.79 Å². The molecule has 0 spiro atoms. The van der Waals surface area contributed by atoms with Gasteiger partial charge in [0.15, 0.2) is 6.29 Å². The van der Waals surface area contributed by atoms with Gasteiger partial charge in [-0.05, 0) is 6.92 Å². The van der Waals surface area contributed by atoms with E-state index < -0.39 is 6.29 Å². The van der Waals surface area contributed by atoms with Crippen LogP contribution in [0.1, 0.15) is 6.92 Å². The van der Waals surface area contributed by atoms with Crippen molar-refractivity contribution in [3.05, 3.63) is 0 Å². The molecule has 2 unspecified atom stereocenters. The fourth-order valence-corrected chi connectivity index (χ4v) is 1.77. The van der Waals surface area contributed by atoms with E-state index in [4.69, 9.17) is 5.73 Å². The number of likely N-dealkylation sites (N-methyl/N-ethyl adjacent to an activating group) is 2. The first kappa shape index (κ1) is 9.14. The predicted molar refractivity (Wildman–Crippen MR) is 52.0 cm³/mol. The predicted octanol–water partition coefficient (Wildman–Crippen LogP) is -1.87. The van der Waals surface area contributed by atoms with Crippen molar-refractivity contribution in [1.82, 2.24) is 10.2 Å². The van der Waals surface area contributed by atoms with Crippen LogP contribution >= 0.6 is 0 Å².